The van der Waals surface area contributed by atoms with Crippen molar-refractivity contribution in [3.8, 4) is 5.75 Å². The first-order chi connectivity index (χ1) is 10.7. The van der Waals surface area contributed by atoms with Crippen molar-refractivity contribution in [3.63, 3.8) is 0 Å². The molecule has 1 aliphatic rings. The average Bonchev–Trinajstić information content (AvgIpc) is 2.46. The van der Waals surface area contributed by atoms with Gasteiger partial charge in [-0.3, -0.25) is 0 Å². The summed E-state index contributed by atoms with van der Waals surface area (Å²) in [5.74, 6) is 1.84. The highest BCUT2D eigenvalue weighted by Gasteiger charge is 2.23. The molecule has 1 fully saturated rings. The number of hydrogen-bond acceptors (Lipinski definition) is 2. The first-order valence-corrected chi connectivity index (χ1v) is 9.16. The van der Waals surface area contributed by atoms with E-state index in [1.54, 1.807) is 0 Å². The summed E-state index contributed by atoms with van der Waals surface area (Å²) in [6, 6.07) is 6.75. The summed E-state index contributed by atoms with van der Waals surface area (Å²) in [6.07, 6.45) is 3.79. The molecule has 0 amide bonds. The Morgan fingerprint density at radius 2 is 1.83 bits per heavy atom. The van der Waals surface area contributed by atoms with Gasteiger partial charge < -0.3 is 10.1 Å². The predicted octanol–water partition coefficient (Wildman–Crippen LogP) is 5.05. The van der Waals surface area contributed by atoms with E-state index < -0.39 is 0 Å². The first-order valence-electron chi connectivity index (χ1n) is 9.16. The van der Waals surface area contributed by atoms with Gasteiger partial charge in [0.2, 0.25) is 0 Å². The minimum absolute atomic E-state index is 0.100. The van der Waals surface area contributed by atoms with E-state index in [0.717, 1.165) is 31.2 Å². The summed E-state index contributed by atoms with van der Waals surface area (Å²) in [7, 11) is 0. The van der Waals surface area contributed by atoms with E-state index in [-0.39, 0.29) is 10.8 Å². The molecule has 1 atom stereocenters. The molecule has 1 aromatic carbocycles. The van der Waals surface area contributed by atoms with Crippen LogP contribution < -0.4 is 10.1 Å². The quantitative estimate of drug-likeness (QED) is 0.839. The van der Waals surface area contributed by atoms with Crippen LogP contribution in [-0.4, -0.2) is 19.7 Å². The molecule has 23 heavy (non-hydrogen) atoms. The van der Waals surface area contributed by atoms with Gasteiger partial charge in [0.15, 0.2) is 0 Å². The molecule has 0 bridgehead atoms. The Kier molecular flexibility index (Phi) is 5.78. The highest BCUT2D eigenvalue weighted by molar-refractivity contribution is 5.43. The van der Waals surface area contributed by atoms with Crippen LogP contribution in [0.4, 0.5) is 0 Å². The van der Waals surface area contributed by atoms with Gasteiger partial charge in [0, 0.05) is 0 Å². The van der Waals surface area contributed by atoms with Crippen molar-refractivity contribution in [3.05, 3.63) is 29.3 Å². The van der Waals surface area contributed by atoms with E-state index in [9.17, 15) is 0 Å². The Morgan fingerprint density at radius 3 is 2.39 bits per heavy atom. The van der Waals surface area contributed by atoms with Gasteiger partial charge in [0.1, 0.15) is 5.75 Å². The number of benzene rings is 1. The van der Waals surface area contributed by atoms with Crippen LogP contribution in [0.1, 0.15) is 71.9 Å². The molecule has 1 saturated heterocycles. The van der Waals surface area contributed by atoms with E-state index in [1.807, 2.05) is 0 Å². The van der Waals surface area contributed by atoms with Crippen molar-refractivity contribution in [2.24, 2.45) is 5.92 Å². The molecule has 0 spiro atoms. The van der Waals surface area contributed by atoms with E-state index in [2.05, 4.69) is 65.1 Å². The van der Waals surface area contributed by atoms with Crippen LogP contribution >= 0.6 is 0 Å². The second-order valence-corrected chi connectivity index (χ2v) is 9.06. The van der Waals surface area contributed by atoms with Crippen LogP contribution in [-0.2, 0) is 10.8 Å². The van der Waals surface area contributed by atoms with Crippen molar-refractivity contribution in [1.82, 2.24) is 5.32 Å². The van der Waals surface area contributed by atoms with Gasteiger partial charge in [-0.05, 0) is 66.3 Å². The molecular weight excluding hydrogens is 282 g/mol. The van der Waals surface area contributed by atoms with E-state index in [0.29, 0.717) is 0 Å². The topological polar surface area (TPSA) is 21.3 Å². The summed E-state index contributed by atoms with van der Waals surface area (Å²) < 4.78 is 6.21. The molecule has 2 rings (SSSR count). The third kappa shape index (κ3) is 5.24. The maximum atomic E-state index is 6.21. The second kappa shape index (κ2) is 7.25. The third-order valence-corrected chi connectivity index (χ3v) is 4.84. The van der Waals surface area contributed by atoms with E-state index in [4.69, 9.17) is 4.74 Å². The zero-order chi connectivity index (χ0) is 17.1. The Bertz CT molecular complexity index is 502. The lowest BCUT2D eigenvalue weighted by molar-refractivity contribution is 0.250. The molecule has 0 aromatic heterocycles. The minimum Gasteiger partial charge on any atom is -0.493 e. The van der Waals surface area contributed by atoms with E-state index >= 15 is 0 Å². The summed E-state index contributed by atoms with van der Waals surface area (Å²) >= 11 is 0. The smallest absolute Gasteiger partial charge is 0.123 e. The van der Waals surface area contributed by atoms with Crippen molar-refractivity contribution >= 4 is 0 Å². The van der Waals surface area contributed by atoms with Gasteiger partial charge in [-0.25, -0.2) is 0 Å². The minimum atomic E-state index is 0.100. The lowest BCUT2D eigenvalue weighted by atomic mass is 9.80. The lowest BCUT2D eigenvalue weighted by Gasteiger charge is -2.28. The number of rotatable bonds is 4. The van der Waals surface area contributed by atoms with Gasteiger partial charge in [0.25, 0.3) is 0 Å². The monoisotopic (exact) mass is 317 g/mol. The molecule has 0 aliphatic carbocycles. The van der Waals surface area contributed by atoms with Crippen molar-refractivity contribution < 1.29 is 4.74 Å². The Balaban J connectivity index is 2.07. The van der Waals surface area contributed by atoms with Crippen LogP contribution in [0.2, 0.25) is 0 Å². The van der Waals surface area contributed by atoms with Crippen LogP contribution in [0.3, 0.4) is 0 Å². The zero-order valence-electron chi connectivity index (χ0n) is 16.0. The molecule has 2 heteroatoms. The Labute approximate surface area is 143 Å². The molecule has 0 radical (unpaired) electrons. The molecular formula is C21H35NO. The molecule has 1 aromatic rings. The standard InChI is InChI=1S/C21H35NO/c1-20(2,3)17-9-10-19(18(14-17)21(4,5)6)23-13-11-16-8-7-12-22-15-16/h9-10,14,16,22H,7-8,11-13,15H2,1-6H3/t16-/m1/s1. The molecule has 0 saturated carbocycles. The predicted molar refractivity (Wildman–Crippen MR) is 99.5 cm³/mol. The Morgan fingerprint density at radius 1 is 1.09 bits per heavy atom. The summed E-state index contributed by atoms with van der Waals surface area (Å²) in [5, 5.41) is 3.49. The van der Waals surface area contributed by atoms with Gasteiger partial charge in [-0.2, -0.15) is 0 Å². The number of ether oxygens (including phenoxy) is 1. The number of nitrogens with one attached hydrogen (secondary N) is 1. The Hall–Kier alpha value is -1.02. The normalized spacial score (nSPS) is 19.7. The second-order valence-electron chi connectivity index (χ2n) is 9.06. The maximum absolute atomic E-state index is 6.21. The van der Waals surface area contributed by atoms with Gasteiger partial charge in [0.05, 0.1) is 6.61 Å². The summed E-state index contributed by atoms with van der Waals surface area (Å²) in [4.78, 5) is 0. The fourth-order valence-electron chi connectivity index (χ4n) is 3.21. The highest BCUT2D eigenvalue weighted by Crippen LogP contribution is 2.35. The van der Waals surface area contributed by atoms with Crippen molar-refractivity contribution in [2.45, 2.75) is 71.6 Å². The van der Waals surface area contributed by atoms with Gasteiger partial charge in [-0.15, -0.1) is 0 Å². The average molecular weight is 318 g/mol. The largest absolute Gasteiger partial charge is 0.493 e. The third-order valence-electron chi connectivity index (χ3n) is 4.84. The first kappa shape index (κ1) is 18.3. The summed E-state index contributed by atoms with van der Waals surface area (Å²) in [6.45, 7) is 16.8. The zero-order valence-corrected chi connectivity index (χ0v) is 16.0. The molecule has 1 heterocycles. The van der Waals surface area contributed by atoms with Crippen LogP contribution in [0.25, 0.3) is 0 Å². The molecule has 1 N–H and O–H groups in total. The SMILES string of the molecule is CC(C)(C)c1ccc(OCC[C@H]2CCCNC2)c(C(C)(C)C)c1. The van der Waals surface area contributed by atoms with E-state index in [1.165, 1.54) is 30.5 Å². The number of hydrogen-bond donors (Lipinski definition) is 1. The molecule has 0 unspecified atom stereocenters. The maximum Gasteiger partial charge on any atom is 0.123 e. The van der Waals surface area contributed by atoms with Crippen molar-refractivity contribution in [1.29, 1.82) is 0 Å². The fourth-order valence-corrected chi connectivity index (χ4v) is 3.21. The molecule has 130 valence electrons. The van der Waals surface area contributed by atoms with Crippen LogP contribution in [0, 0.1) is 5.92 Å². The van der Waals surface area contributed by atoms with Crippen molar-refractivity contribution in [2.75, 3.05) is 19.7 Å². The number of piperidine rings is 1. The molecule has 1 aliphatic heterocycles. The highest BCUT2D eigenvalue weighted by atomic mass is 16.5. The molecule has 2 nitrogen and oxygen atoms in total. The van der Waals surface area contributed by atoms with Crippen LogP contribution in [0.5, 0.6) is 5.75 Å². The lowest BCUT2D eigenvalue weighted by Crippen LogP contribution is -2.30. The van der Waals surface area contributed by atoms with Crippen LogP contribution in [0.15, 0.2) is 18.2 Å². The van der Waals surface area contributed by atoms with Gasteiger partial charge in [-0.1, -0.05) is 53.7 Å². The summed E-state index contributed by atoms with van der Waals surface area (Å²) in [5.41, 5.74) is 2.98. The van der Waals surface area contributed by atoms with Gasteiger partial charge >= 0.3 is 0 Å². The fraction of sp³-hybridized carbons (Fsp3) is 0.714.